The van der Waals surface area contributed by atoms with E-state index in [1.807, 2.05) is 19.9 Å². The second-order valence-corrected chi connectivity index (χ2v) is 6.38. The predicted molar refractivity (Wildman–Crippen MR) is 105 cm³/mol. The summed E-state index contributed by atoms with van der Waals surface area (Å²) in [4.78, 5) is 42.0. The van der Waals surface area contributed by atoms with E-state index in [4.69, 9.17) is 0 Å². The third kappa shape index (κ3) is 4.06. The van der Waals surface area contributed by atoms with E-state index in [1.54, 1.807) is 42.7 Å². The van der Waals surface area contributed by atoms with Crippen LogP contribution >= 0.6 is 0 Å². The van der Waals surface area contributed by atoms with Gasteiger partial charge in [0.1, 0.15) is 0 Å². The van der Waals surface area contributed by atoms with Crippen molar-refractivity contribution in [3.8, 4) is 5.69 Å². The molecule has 1 aromatic carbocycles. The molecule has 0 atom stereocenters. The maximum atomic E-state index is 12.8. The van der Waals surface area contributed by atoms with Gasteiger partial charge in [0.15, 0.2) is 0 Å². The fraction of sp³-hybridized carbons (Fsp3) is 0.250. The normalized spacial score (nSPS) is 10.6. The van der Waals surface area contributed by atoms with Gasteiger partial charge < -0.3 is 5.32 Å². The summed E-state index contributed by atoms with van der Waals surface area (Å²) in [7, 11) is 0. The van der Waals surface area contributed by atoms with Gasteiger partial charge in [0, 0.05) is 25.5 Å². The Balaban J connectivity index is 2.03. The number of hydrogen-bond donors (Lipinski definition) is 1. The van der Waals surface area contributed by atoms with Gasteiger partial charge in [-0.15, -0.1) is 0 Å². The van der Waals surface area contributed by atoms with E-state index in [-0.39, 0.29) is 18.8 Å². The van der Waals surface area contributed by atoms with E-state index < -0.39 is 17.2 Å². The minimum Gasteiger partial charge on any atom is -0.346 e. The fourth-order valence-electron chi connectivity index (χ4n) is 2.77. The molecule has 1 N–H and O–H groups in total. The van der Waals surface area contributed by atoms with Gasteiger partial charge >= 0.3 is 5.69 Å². The molecular weight excluding hydrogens is 358 g/mol. The Hall–Kier alpha value is -3.55. The molecule has 8 nitrogen and oxygen atoms in total. The van der Waals surface area contributed by atoms with Gasteiger partial charge in [-0.1, -0.05) is 19.1 Å². The van der Waals surface area contributed by atoms with Crippen LogP contribution in [0.4, 0.5) is 0 Å². The topological polar surface area (TPSA) is 98.9 Å². The first-order valence-corrected chi connectivity index (χ1v) is 8.99. The van der Waals surface area contributed by atoms with Crippen LogP contribution in [0.25, 0.3) is 5.69 Å². The molecule has 0 spiro atoms. The van der Waals surface area contributed by atoms with Crippen molar-refractivity contribution < 1.29 is 4.79 Å². The van der Waals surface area contributed by atoms with Crippen LogP contribution in [0.15, 0.2) is 58.4 Å². The lowest BCUT2D eigenvalue weighted by Crippen LogP contribution is -2.45. The first kappa shape index (κ1) is 19.2. The van der Waals surface area contributed by atoms with Gasteiger partial charge in [-0.3, -0.25) is 19.1 Å². The largest absolute Gasteiger partial charge is 0.352 e. The highest BCUT2D eigenvalue weighted by Gasteiger charge is 2.19. The zero-order chi connectivity index (χ0) is 20.1. The summed E-state index contributed by atoms with van der Waals surface area (Å²) < 4.78 is 2.15. The number of rotatable bonds is 6. The fourth-order valence-corrected chi connectivity index (χ4v) is 2.77. The molecule has 0 aliphatic heterocycles. The number of hydrogen-bond acceptors (Lipinski definition) is 5. The number of aryl methyl sites for hydroxylation is 1. The highest BCUT2D eigenvalue weighted by Crippen LogP contribution is 2.06. The maximum Gasteiger partial charge on any atom is 0.352 e. The number of aromatic nitrogens is 4. The lowest BCUT2D eigenvalue weighted by molar-refractivity contribution is 0.0941. The molecule has 8 heteroatoms. The highest BCUT2D eigenvalue weighted by atomic mass is 16.2. The summed E-state index contributed by atoms with van der Waals surface area (Å²) >= 11 is 0. The Labute approximate surface area is 161 Å². The molecule has 0 radical (unpaired) electrons. The summed E-state index contributed by atoms with van der Waals surface area (Å²) in [5.74, 6) is -0.631. The van der Waals surface area contributed by atoms with E-state index in [9.17, 15) is 14.4 Å². The van der Waals surface area contributed by atoms with Crippen LogP contribution in [0.3, 0.4) is 0 Å². The molecule has 0 saturated carbocycles. The van der Waals surface area contributed by atoms with Crippen LogP contribution in [0.5, 0.6) is 0 Å². The van der Waals surface area contributed by atoms with Crippen molar-refractivity contribution in [1.82, 2.24) is 24.6 Å². The number of carbonyl (C=O) groups excluding carboxylic acids is 1. The zero-order valence-electron chi connectivity index (χ0n) is 15.8. The van der Waals surface area contributed by atoms with Gasteiger partial charge in [0.2, 0.25) is 5.69 Å². The number of nitrogens with zero attached hydrogens (tertiary/aromatic N) is 4. The zero-order valence-corrected chi connectivity index (χ0v) is 15.8. The summed E-state index contributed by atoms with van der Waals surface area (Å²) in [5, 5.41) is 6.76. The van der Waals surface area contributed by atoms with Crippen molar-refractivity contribution in [3.05, 3.63) is 86.5 Å². The van der Waals surface area contributed by atoms with Gasteiger partial charge in [-0.2, -0.15) is 9.78 Å². The van der Waals surface area contributed by atoms with Crippen LogP contribution < -0.4 is 16.6 Å². The molecule has 0 bridgehead atoms. The van der Waals surface area contributed by atoms with Crippen molar-refractivity contribution in [3.63, 3.8) is 0 Å². The number of amides is 1. The molecular formula is C20H21N5O3. The predicted octanol–water partition coefficient (Wildman–Crippen LogP) is 1.44. The monoisotopic (exact) mass is 379 g/mol. The molecule has 0 aliphatic carbocycles. The summed E-state index contributed by atoms with van der Waals surface area (Å²) in [6.45, 7) is 4.17. The van der Waals surface area contributed by atoms with E-state index in [0.29, 0.717) is 12.1 Å². The van der Waals surface area contributed by atoms with Crippen LogP contribution in [0.1, 0.15) is 35.0 Å². The first-order chi connectivity index (χ1) is 13.5. The molecule has 0 unspecified atom stereocenters. The molecule has 3 rings (SSSR count). The third-order valence-corrected chi connectivity index (χ3v) is 4.17. The van der Waals surface area contributed by atoms with Crippen molar-refractivity contribution in [1.29, 1.82) is 0 Å². The Morgan fingerprint density at radius 2 is 1.89 bits per heavy atom. The Morgan fingerprint density at radius 3 is 2.57 bits per heavy atom. The maximum absolute atomic E-state index is 12.8. The third-order valence-electron chi connectivity index (χ3n) is 4.17. The van der Waals surface area contributed by atoms with Gasteiger partial charge in [0.05, 0.1) is 5.69 Å². The van der Waals surface area contributed by atoms with Crippen molar-refractivity contribution >= 4 is 5.91 Å². The minimum absolute atomic E-state index is 0.205. The SMILES string of the molecule is CCCn1c(=O)c(C(=O)NCc2ccncc2)nn(-c2cccc(C)c2)c1=O. The van der Waals surface area contributed by atoms with Crippen LogP contribution in [-0.2, 0) is 13.1 Å². The molecule has 2 aromatic heterocycles. The average molecular weight is 379 g/mol. The average Bonchev–Trinajstić information content (AvgIpc) is 2.70. The van der Waals surface area contributed by atoms with Crippen molar-refractivity contribution in [2.45, 2.75) is 33.4 Å². The lowest BCUT2D eigenvalue weighted by Gasteiger charge is -2.12. The number of benzene rings is 1. The van der Waals surface area contributed by atoms with E-state index >= 15 is 0 Å². The number of nitrogens with one attached hydrogen (secondary N) is 1. The van der Waals surface area contributed by atoms with E-state index in [1.165, 1.54) is 0 Å². The number of carbonyl (C=O) groups is 1. The van der Waals surface area contributed by atoms with Gasteiger partial charge in [0.25, 0.3) is 11.5 Å². The van der Waals surface area contributed by atoms with E-state index in [2.05, 4.69) is 15.4 Å². The summed E-state index contributed by atoms with van der Waals surface area (Å²) in [6, 6.07) is 10.7. The van der Waals surface area contributed by atoms with Crippen molar-refractivity contribution in [2.24, 2.45) is 0 Å². The van der Waals surface area contributed by atoms with Crippen molar-refractivity contribution in [2.75, 3.05) is 0 Å². The quantitative estimate of drug-likeness (QED) is 0.699. The molecule has 28 heavy (non-hydrogen) atoms. The smallest absolute Gasteiger partial charge is 0.346 e. The molecule has 1 amide bonds. The Bertz CT molecular complexity index is 1100. The van der Waals surface area contributed by atoms with E-state index in [0.717, 1.165) is 20.4 Å². The van der Waals surface area contributed by atoms with Gasteiger partial charge in [-0.25, -0.2) is 4.79 Å². The Kier molecular flexibility index (Phi) is 5.78. The Morgan fingerprint density at radius 1 is 1.14 bits per heavy atom. The number of pyridine rings is 1. The summed E-state index contributed by atoms with van der Waals surface area (Å²) in [5.41, 5.74) is 0.695. The highest BCUT2D eigenvalue weighted by molar-refractivity contribution is 5.91. The molecule has 144 valence electrons. The molecule has 2 heterocycles. The summed E-state index contributed by atoms with van der Waals surface area (Å²) in [6.07, 6.45) is 3.81. The van der Waals surface area contributed by atoms with Gasteiger partial charge in [-0.05, 0) is 48.7 Å². The standard InChI is InChI=1S/C20H21N5O3/c1-3-11-24-19(27)17(18(26)22-13-15-7-9-21-10-8-15)23-25(20(24)28)16-6-4-5-14(2)12-16/h4-10,12H,3,11,13H2,1-2H3,(H,22,26). The second kappa shape index (κ2) is 8.43. The lowest BCUT2D eigenvalue weighted by atomic mass is 10.2. The van der Waals surface area contributed by atoms with Crippen LogP contribution in [0.2, 0.25) is 0 Å². The minimum atomic E-state index is -0.692. The second-order valence-electron chi connectivity index (χ2n) is 6.38. The van der Waals surface area contributed by atoms with Crippen LogP contribution in [0, 0.1) is 6.92 Å². The first-order valence-electron chi connectivity index (χ1n) is 8.99. The molecule has 0 saturated heterocycles. The molecule has 0 fully saturated rings. The van der Waals surface area contributed by atoms with Crippen LogP contribution in [-0.4, -0.2) is 25.2 Å². The molecule has 3 aromatic rings. The molecule has 0 aliphatic rings.